The maximum absolute atomic E-state index is 5.57. The average molecular weight is 280 g/mol. The molecule has 19 heavy (non-hydrogen) atoms. The molecule has 1 aliphatic rings. The Hall–Kier alpha value is -0.550. The van der Waals surface area contributed by atoms with Gasteiger partial charge >= 0.3 is 0 Å². The number of fused-ring (bicyclic) bond motifs is 1. The maximum atomic E-state index is 5.57. The lowest BCUT2D eigenvalue weighted by Crippen LogP contribution is -2.26. The molecule has 0 amide bonds. The summed E-state index contributed by atoms with van der Waals surface area (Å²) in [6.07, 6.45) is 0. The zero-order chi connectivity index (χ0) is 13.5. The monoisotopic (exact) mass is 280 g/mol. The predicted octanol–water partition coefficient (Wildman–Crippen LogP) is 2.04. The first-order valence-electron chi connectivity index (χ1n) is 6.92. The number of hydrogen-bond acceptors (Lipinski definition) is 4. The van der Waals surface area contributed by atoms with Gasteiger partial charge in [0.05, 0.1) is 13.2 Å². The number of nitrogens with zero attached hydrogens (tertiary/aromatic N) is 1. The highest BCUT2D eigenvalue weighted by Crippen LogP contribution is 2.38. The minimum Gasteiger partial charge on any atom is -0.379 e. The van der Waals surface area contributed by atoms with Crippen LogP contribution < -0.4 is 5.32 Å². The smallest absolute Gasteiger partial charge is 0.0593 e. The van der Waals surface area contributed by atoms with Crippen molar-refractivity contribution >= 4 is 11.8 Å². The van der Waals surface area contributed by atoms with Crippen LogP contribution in [0.4, 0.5) is 0 Å². The molecule has 106 valence electrons. The highest BCUT2D eigenvalue weighted by molar-refractivity contribution is 7.99. The molecule has 2 rings (SSSR count). The van der Waals surface area contributed by atoms with Gasteiger partial charge in [0.1, 0.15) is 0 Å². The van der Waals surface area contributed by atoms with Gasteiger partial charge in [-0.2, -0.15) is 0 Å². The lowest BCUT2D eigenvalue weighted by Gasteiger charge is -2.13. The summed E-state index contributed by atoms with van der Waals surface area (Å²) in [5.41, 5.74) is 1.51. The Kier molecular flexibility index (Phi) is 6.17. The van der Waals surface area contributed by atoms with Crippen molar-refractivity contribution in [1.82, 2.24) is 10.2 Å². The Bertz CT molecular complexity index is 384. The molecule has 0 saturated carbocycles. The zero-order valence-corrected chi connectivity index (χ0v) is 12.7. The van der Waals surface area contributed by atoms with E-state index in [0.717, 1.165) is 32.8 Å². The van der Waals surface area contributed by atoms with E-state index in [4.69, 9.17) is 4.74 Å². The summed E-state index contributed by atoms with van der Waals surface area (Å²) in [6, 6.07) is 8.75. The molecule has 1 aromatic carbocycles. The fraction of sp³-hybridized carbons (Fsp3) is 0.600. The molecule has 0 bridgehead atoms. The van der Waals surface area contributed by atoms with E-state index >= 15 is 0 Å². The lowest BCUT2D eigenvalue weighted by molar-refractivity contribution is 0.119. The summed E-state index contributed by atoms with van der Waals surface area (Å²) in [6.45, 7) is 4.61. The Morgan fingerprint density at radius 3 is 3.00 bits per heavy atom. The van der Waals surface area contributed by atoms with Gasteiger partial charge in [0, 0.05) is 36.2 Å². The van der Waals surface area contributed by atoms with Crippen LogP contribution in [0, 0.1) is 0 Å². The minimum atomic E-state index is 0.656. The lowest BCUT2D eigenvalue weighted by atomic mass is 10.0. The highest BCUT2D eigenvalue weighted by atomic mass is 32.2. The summed E-state index contributed by atoms with van der Waals surface area (Å²) in [7, 11) is 4.13. The molecule has 3 nitrogen and oxygen atoms in total. The van der Waals surface area contributed by atoms with E-state index in [2.05, 4.69) is 48.6 Å². The van der Waals surface area contributed by atoms with Crippen LogP contribution in [-0.2, 0) is 4.74 Å². The zero-order valence-electron chi connectivity index (χ0n) is 11.9. The quantitative estimate of drug-likeness (QED) is 0.737. The molecule has 4 heteroatoms. The third-order valence-electron chi connectivity index (χ3n) is 3.30. The molecule has 1 aromatic rings. The maximum Gasteiger partial charge on any atom is 0.0593 e. The fourth-order valence-electron chi connectivity index (χ4n) is 2.17. The van der Waals surface area contributed by atoms with Crippen molar-refractivity contribution in [1.29, 1.82) is 0 Å². The molecule has 1 atom stereocenters. The van der Waals surface area contributed by atoms with Crippen LogP contribution in [-0.4, -0.2) is 57.6 Å². The van der Waals surface area contributed by atoms with Gasteiger partial charge in [0.15, 0.2) is 0 Å². The number of rotatable bonds is 8. The fourth-order valence-corrected chi connectivity index (χ4v) is 3.42. The van der Waals surface area contributed by atoms with Crippen LogP contribution >= 0.6 is 11.8 Å². The first-order valence-corrected chi connectivity index (χ1v) is 7.91. The van der Waals surface area contributed by atoms with Crippen molar-refractivity contribution in [2.75, 3.05) is 52.7 Å². The van der Waals surface area contributed by atoms with E-state index < -0.39 is 0 Å². The molecule has 0 aromatic heterocycles. The molecule has 0 spiro atoms. The van der Waals surface area contributed by atoms with Crippen LogP contribution in [0.15, 0.2) is 29.2 Å². The molecule has 0 fully saturated rings. The van der Waals surface area contributed by atoms with Crippen molar-refractivity contribution in [2.24, 2.45) is 0 Å². The summed E-state index contributed by atoms with van der Waals surface area (Å²) in [5.74, 6) is 1.86. The van der Waals surface area contributed by atoms with Crippen molar-refractivity contribution in [3.05, 3.63) is 29.8 Å². The van der Waals surface area contributed by atoms with Crippen LogP contribution in [0.2, 0.25) is 0 Å². The van der Waals surface area contributed by atoms with Gasteiger partial charge in [-0.3, -0.25) is 0 Å². The first kappa shape index (κ1) is 14.9. The van der Waals surface area contributed by atoms with Gasteiger partial charge in [0.25, 0.3) is 0 Å². The summed E-state index contributed by atoms with van der Waals surface area (Å²) in [5, 5.41) is 3.50. The number of likely N-dealkylation sites (N-methyl/N-ethyl adjacent to an activating group) is 1. The summed E-state index contributed by atoms with van der Waals surface area (Å²) >= 11 is 1.97. The predicted molar refractivity (Wildman–Crippen MR) is 82.1 cm³/mol. The Labute approximate surface area is 120 Å². The van der Waals surface area contributed by atoms with Gasteiger partial charge in [0.2, 0.25) is 0 Å². The van der Waals surface area contributed by atoms with Gasteiger partial charge < -0.3 is 15.0 Å². The van der Waals surface area contributed by atoms with Crippen LogP contribution in [0.3, 0.4) is 0 Å². The largest absolute Gasteiger partial charge is 0.379 e. The molecule has 1 N–H and O–H groups in total. The topological polar surface area (TPSA) is 24.5 Å². The number of hydrogen-bond donors (Lipinski definition) is 1. The Morgan fingerprint density at radius 2 is 2.16 bits per heavy atom. The number of nitrogens with one attached hydrogen (secondary N) is 1. The van der Waals surface area contributed by atoms with Crippen molar-refractivity contribution < 1.29 is 4.74 Å². The molecule has 0 aliphatic carbocycles. The van der Waals surface area contributed by atoms with Gasteiger partial charge in [-0.25, -0.2) is 0 Å². The third-order valence-corrected chi connectivity index (χ3v) is 4.55. The van der Waals surface area contributed by atoms with Crippen LogP contribution in [0.25, 0.3) is 0 Å². The van der Waals surface area contributed by atoms with E-state index in [0.29, 0.717) is 5.92 Å². The van der Waals surface area contributed by atoms with Crippen molar-refractivity contribution in [3.8, 4) is 0 Å². The molecule has 0 radical (unpaired) electrons. The second kappa shape index (κ2) is 7.90. The van der Waals surface area contributed by atoms with Gasteiger partial charge in [-0.1, -0.05) is 18.2 Å². The van der Waals surface area contributed by atoms with E-state index in [-0.39, 0.29) is 0 Å². The summed E-state index contributed by atoms with van der Waals surface area (Å²) < 4.78 is 5.57. The molecular weight excluding hydrogens is 256 g/mol. The Balaban J connectivity index is 1.57. The standard InChI is InChI=1S/C15H24N2OS/c1-17(2)8-10-18-9-7-16-11-13-12-19-15-6-4-3-5-14(13)15/h3-6,13,16H,7-12H2,1-2H3. The van der Waals surface area contributed by atoms with Crippen molar-refractivity contribution in [3.63, 3.8) is 0 Å². The van der Waals surface area contributed by atoms with E-state index in [1.165, 1.54) is 16.2 Å². The molecule has 1 heterocycles. The SMILES string of the molecule is CN(C)CCOCCNCC1CSc2ccccc21. The number of thioether (sulfide) groups is 1. The van der Waals surface area contributed by atoms with Crippen LogP contribution in [0.5, 0.6) is 0 Å². The van der Waals surface area contributed by atoms with Crippen molar-refractivity contribution in [2.45, 2.75) is 10.8 Å². The second-order valence-electron chi connectivity index (χ2n) is 5.17. The molecule has 1 unspecified atom stereocenters. The number of ether oxygens (including phenoxy) is 1. The molecular formula is C15H24N2OS. The Morgan fingerprint density at radius 1 is 1.32 bits per heavy atom. The van der Waals surface area contributed by atoms with E-state index in [1.54, 1.807) is 0 Å². The normalized spacial score (nSPS) is 17.9. The first-order chi connectivity index (χ1) is 9.27. The highest BCUT2D eigenvalue weighted by Gasteiger charge is 2.21. The van der Waals surface area contributed by atoms with Crippen LogP contribution in [0.1, 0.15) is 11.5 Å². The molecule has 1 aliphatic heterocycles. The molecule has 0 saturated heterocycles. The van der Waals surface area contributed by atoms with E-state index in [9.17, 15) is 0 Å². The average Bonchev–Trinajstić information content (AvgIpc) is 2.81. The summed E-state index contributed by atoms with van der Waals surface area (Å²) in [4.78, 5) is 3.59. The minimum absolute atomic E-state index is 0.656. The second-order valence-corrected chi connectivity index (χ2v) is 6.23. The van der Waals surface area contributed by atoms with Gasteiger partial charge in [-0.15, -0.1) is 11.8 Å². The van der Waals surface area contributed by atoms with E-state index in [1.807, 2.05) is 11.8 Å². The number of benzene rings is 1. The van der Waals surface area contributed by atoms with Gasteiger partial charge in [-0.05, 0) is 25.7 Å². The third kappa shape index (κ3) is 4.80.